The monoisotopic (exact) mass is 258 g/mol. The molecule has 1 saturated carbocycles. The normalized spacial score (nSPS) is 16.3. The van der Waals surface area contributed by atoms with Crippen LogP contribution in [-0.2, 0) is 6.54 Å². The molecular formula is C15H18N2O2. The summed E-state index contributed by atoms with van der Waals surface area (Å²) in [6.07, 6.45) is 5.39. The summed E-state index contributed by atoms with van der Waals surface area (Å²) >= 11 is 0. The molecule has 1 aliphatic carbocycles. The summed E-state index contributed by atoms with van der Waals surface area (Å²) in [5.41, 5.74) is 0.845. The fraction of sp³-hybridized carbons (Fsp3) is 0.400. The molecule has 0 aliphatic heterocycles. The van der Waals surface area contributed by atoms with Crippen LogP contribution in [0.1, 0.15) is 37.2 Å². The number of hydrogen-bond acceptors (Lipinski definition) is 4. The topological polar surface area (TPSA) is 49.5 Å². The third-order valence-electron chi connectivity index (χ3n) is 3.44. The molecule has 0 amide bonds. The highest BCUT2D eigenvalue weighted by Crippen LogP contribution is 2.32. The summed E-state index contributed by atoms with van der Waals surface area (Å²) < 4.78 is 5.42. The number of anilines is 1. The first-order chi connectivity index (χ1) is 9.24. The van der Waals surface area contributed by atoms with Gasteiger partial charge in [-0.05, 0) is 43.5 Å². The lowest BCUT2D eigenvalue weighted by Crippen LogP contribution is -2.25. The summed E-state index contributed by atoms with van der Waals surface area (Å²) in [7, 11) is 0. The summed E-state index contributed by atoms with van der Waals surface area (Å²) in [6, 6.07) is 8.37. The first-order valence-corrected chi connectivity index (χ1v) is 6.67. The molecule has 1 fully saturated rings. The number of rotatable bonds is 5. The molecule has 2 aromatic heterocycles. The third kappa shape index (κ3) is 2.79. The van der Waals surface area contributed by atoms with Gasteiger partial charge in [0.1, 0.15) is 11.6 Å². The van der Waals surface area contributed by atoms with Crippen LogP contribution in [0, 0.1) is 0 Å². The maximum absolute atomic E-state index is 9.51. The smallest absolute Gasteiger partial charge is 0.129 e. The molecule has 1 aliphatic rings. The van der Waals surface area contributed by atoms with Gasteiger partial charge in [-0.2, -0.15) is 0 Å². The zero-order chi connectivity index (χ0) is 13.2. The molecule has 0 bridgehead atoms. The Balaban J connectivity index is 1.79. The number of hydrogen-bond donors (Lipinski definition) is 1. The molecule has 0 radical (unpaired) electrons. The van der Waals surface area contributed by atoms with Gasteiger partial charge in [-0.1, -0.05) is 6.07 Å². The molecule has 100 valence electrons. The number of aliphatic hydroxyl groups excluding tert-OH is 1. The van der Waals surface area contributed by atoms with Gasteiger partial charge >= 0.3 is 0 Å². The molecular weight excluding hydrogens is 240 g/mol. The number of pyridine rings is 1. The third-order valence-corrected chi connectivity index (χ3v) is 3.44. The zero-order valence-electron chi connectivity index (χ0n) is 11.0. The Labute approximate surface area is 112 Å². The minimum Gasteiger partial charge on any atom is -0.467 e. The summed E-state index contributed by atoms with van der Waals surface area (Å²) in [5.74, 6) is 1.90. The lowest BCUT2D eigenvalue weighted by atomic mass is 10.2. The molecule has 1 N–H and O–H groups in total. The number of aromatic nitrogens is 1. The second kappa shape index (κ2) is 5.05. The Hall–Kier alpha value is -1.81. The molecule has 2 aromatic rings. The van der Waals surface area contributed by atoms with Crippen molar-refractivity contribution >= 4 is 5.82 Å². The van der Waals surface area contributed by atoms with E-state index in [0.29, 0.717) is 6.04 Å². The van der Waals surface area contributed by atoms with E-state index in [4.69, 9.17) is 4.42 Å². The molecule has 0 spiro atoms. The van der Waals surface area contributed by atoms with E-state index in [1.54, 1.807) is 19.4 Å². The molecule has 0 unspecified atom stereocenters. The molecule has 1 atom stereocenters. The first kappa shape index (κ1) is 12.2. The summed E-state index contributed by atoms with van der Waals surface area (Å²) in [6.45, 7) is 2.50. The molecule has 4 heteroatoms. The van der Waals surface area contributed by atoms with Crippen LogP contribution in [0.2, 0.25) is 0 Å². The maximum Gasteiger partial charge on any atom is 0.129 e. The van der Waals surface area contributed by atoms with Crippen molar-refractivity contribution < 1.29 is 9.52 Å². The van der Waals surface area contributed by atoms with Gasteiger partial charge in [0.05, 0.1) is 18.9 Å². The van der Waals surface area contributed by atoms with Crippen LogP contribution in [0.3, 0.4) is 0 Å². The van der Waals surface area contributed by atoms with Crippen molar-refractivity contribution in [3.8, 4) is 0 Å². The average molecular weight is 258 g/mol. The van der Waals surface area contributed by atoms with Crippen molar-refractivity contribution in [2.75, 3.05) is 4.90 Å². The first-order valence-electron chi connectivity index (χ1n) is 6.67. The highest BCUT2D eigenvalue weighted by molar-refractivity contribution is 5.42. The number of nitrogens with zero attached hydrogens (tertiary/aromatic N) is 2. The van der Waals surface area contributed by atoms with Gasteiger partial charge < -0.3 is 14.4 Å². The van der Waals surface area contributed by atoms with Crippen LogP contribution < -0.4 is 4.90 Å². The van der Waals surface area contributed by atoms with E-state index in [1.807, 2.05) is 24.3 Å². The van der Waals surface area contributed by atoms with Crippen molar-refractivity contribution in [2.45, 2.75) is 38.5 Å². The lowest BCUT2D eigenvalue weighted by Gasteiger charge is -2.22. The van der Waals surface area contributed by atoms with Crippen molar-refractivity contribution in [1.82, 2.24) is 4.98 Å². The summed E-state index contributed by atoms with van der Waals surface area (Å²) in [4.78, 5) is 6.73. The van der Waals surface area contributed by atoms with E-state index in [1.165, 1.54) is 12.8 Å². The summed E-state index contributed by atoms with van der Waals surface area (Å²) in [5, 5.41) is 9.51. The highest BCUT2D eigenvalue weighted by atomic mass is 16.3. The highest BCUT2D eigenvalue weighted by Gasteiger charge is 2.30. The maximum atomic E-state index is 9.51. The Kier molecular flexibility index (Phi) is 3.25. The van der Waals surface area contributed by atoms with Crippen LogP contribution in [0.15, 0.2) is 41.1 Å². The van der Waals surface area contributed by atoms with E-state index in [-0.39, 0.29) is 0 Å². The van der Waals surface area contributed by atoms with Gasteiger partial charge in [-0.3, -0.25) is 0 Å². The van der Waals surface area contributed by atoms with Crippen LogP contribution >= 0.6 is 0 Å². The Morgan fingerprint density at radius 1 is 1.42 bits per heavy atom. The van der Waals surface area contributed by atoms with Crippen molar-refractivity contribution in [1.29, 1.82) is 0 Å². The SMILES string of the molecule is C[C@@H](O)c1ccc(N(Cc2ccco2)C2CC2)nc1. The molecule has 0 saturated heterocycles. The second-order valence-electron chi connectivity index (χ2n) is 5.06. The van der Waals surface area contributed by atoms with Gasteiger partial charge in [0.25, 0.3) is 0 Å². The average Bonchev–Trinajstić information content (AvgIpc) is 3.13. The zero-order valence-corrected chi connectivity index (χ0v) is 11.0. The van der Waals surface area contributed by atoms with Crippen molar-refractivity contribution in [3.63, 3.8) is 0 Å². The standard InChI is InChI=1S/C15H18N2O2/c1-11(18)12-4-7-15(16-9-12)17(13-5-6-13)10-14-3-2-8-19-14/h2-4,7-9,11,13,18H,5-6,10H2,1H3/t11-/m1/s1. The van der Waals surface area contributed by atoms with E-state index in [9.17, 15) is 5.11 Å². The predicted octanol–water partition coefficient (Wildman–Crippen LogP) is 2.90. The van der Waals surface area contributed by atoms with E-state index in [0.717, 1.165) is 23.7 Å². The van der Waals surface area contributed by atoms with E-state index in [2.05, 4.69) is 9.88 Å². The predicted molar refractivity (Wildman–Crippen MR) is 72.8 cm³/mol. The number of aliphatic hydroxyl groups is 1. The molecule has 0 aromatic carbocycles. The molecule has 4 nitrogen and oxygen atoms in total. The molecule has 19 heavy (non-hydrogen) atoms. The van der Waals surface area contributed by atoms with Gasteiger partial charge in [-0.15, -0.1) is 0 Å². The van der Waals surface area contributed by atoms with Crippen molar-refractivity contribution in [2.24, 2.45) is 0 Å². The Morgan fingerprint density at radius 3 is 2.79 bits per heavy atom. The van der Waals surface area contributed by atoms with Gasteiger partial charge in [0.15, 0.2) is 0 Å². The Bertz CT molecular complexity index is 516. The lowest BCUT2D eigenvalue weighted by molar-refractivity contribution is 0.199. The fourth-order valence-electron chi connectivity index (χ4n) is 2.17. The quantitative estimate of drug-likeness (QED) is 0.896. The van der Waals surface area contributed by atoms with Crippen LogP contribution in [0.25, 0.3) is 0 Å². The second-order valence-corrected chi connectivity index (χ2v) is 5.06. The fourth-order valence-corrected chi connectivity index (χ4v) is 2.17. The van der Waals surface area contributed by atoms with Crippen molar-refractivity contribution in [3.05, 3.63) is 48.0 Å². The van der Waals surface area contributed by atoms with E-state index < -0.39 is 6.10 Å². The van der Waals surface area contributed by atoms with Crippen LogP contribution in [0.5, 0.6) is 0 Å². The van der Waals surface area contributed by atoms with Crippen LogP contribution in [0.4, 0.5) is 5.82 Å². The van der Waals surface area contributed by atoms with Gasteiger partial charge in [-0.25, -0.2) is 4.98 Å². The Morgan fingerprint density at radius 2 is 2.26 bits per heavy atom. The minimum absolute atomic E-state index is 0.471. The van der Waals surface area contributed by atoms with Gasteiger partial charge in [0.2, 0.25) is 0 Å². The molecule has 3 rings (SSSR count). The number of furan rings is 1. The van der Waals surface area contributed by atoms with E-state index >= 15 is 0 Å². The largest absolute Gasteiger partial charge is 0.467 e. The van der Waals surface area contributed by atoms with Gasteiger partial charge in [0, 0.05) is 12.2 Å². The molecule has 2 heterocycles. The van der Waals surface area contributed by atoms with Crippen LogP contribution in [-0.4, -0.2) is 16.1 Å². The minimum atomic E-state index is -0.471.